The number of halogens is 2. The molecule has 0 bridgehead atoms. The van der Waals surface area contributed by atoms with Crippen molar-refractivity contribution in [1.29, 1.82) is 0 Å². The summed E-state index contributed by atoms with van der Waals surface area (Å²) in [6.45, 7) is 2.19. The fraction of sp³-hybridized carbons (Fsp3) is 0.120. The third-order valence-corrected chi connectivity index (χ3v) is 6.77. The van der Waals surface area contributed by atoms with Gasteiger partial charge in [0.15, 0.2) is 0 Å². The van der Waals surface area contributed by atoms with E-state index in [0.717, 1.165) is 26.6 Å². The average Bonchev–Trinajstić information content (AvgIpc) is 3.01. The predicted octanol–water partition coefficient (Wildman–Crippen LogP) is 7.94. The van der Waals surface area contributed by atoms with Crippen LogP contribution in [0.25, 0.3) is 43.7 Å². The molecule has 4 aromatic carbocycles. The zero-order valence-electron chi connectivity index (χ0n) is 16.1. The van der Waals surface area contributed by atoms with E-state index in [2.05, 4.69) is 86.8 Å². The molecule has 1 N–H and O–H groups in total. The molecule has 0 saturated heterocycles. The molecule has 0 aliphatic rings. The van der Waals surface area contributed by atoms with E-state index in [0.29, 0.717) is 5.75 Å². The van der Waals surface area contributed by atoms with Crippen LogP contribution >= 0.6 is 31.9 Å². The van der Waals surface area contributed by atoms with Gasteiger partial charge in [-0.1, -0.05) is 63.0 Å². The Bertz CT molecular complexity index is 1430. The number of hydrogen-bond acceptors (Lipinski definition) is 1. The number of para-hydroxylation sites is 1. The monoisotopic (exact) mass is 507 g/mol. The summed E-state index contributed by atoms with van der Waals surface area (Å²) in [5.74, 6) is 0.312. The number of nitrogens with zero attached hydrogens (tertiary/aromatic N) is 1. The highest BCUT2D eigenvalue weighted by molar-refractivity contribution is 9.10. The van der Waals surface area contributed by atoms with Crippen molar-refractivity contribution >= 4 is 64.3 Å². The molecule has 0 amide bonds. The van der Waals surface area contributed by atoms with Gasteiger partial charge in [-0.05, 0) is 64.5 Å². The van der Waals surface area contributed by atoms with Gasteiger partial charge in [0.2, 0.25) is 0 Å². The van der Waals surface area contributed by atoms with Gasteiger partial charge in [-0.25, -0.2) is 0 Å². The Morgan fingerprint density at radius 3 is 2.10 bits per heavy atom. The van der Waals surface area contributed by atoms with Crippen molar-refractivity contribution in [3.8, 4) is 17.0 Å². The lowest BCUT2D eigenvalue weighted by Crippen LogP contribution is -1.94. The van der Waals surface area contributed by atoms with E-state index in [9.17, 15) is 5.11 Å². The first-order chi connectivity index (χ1) is 14.0. The van der Waals surface area contributed by atoms with Gasteiger partial charge in [0, 0.05) is 32.3 Å². The molecule has 1 heterocycles. The smallest absolute Gasteiger partial charge is 0.124 e. The summed E-state index contributed by atoms with van der Waals surface area (Å²) in [5, 5.41) is 16.8. The molecule has 5 rings (SSSR count). The molecule has 0 saturated carbocycles. The van der Waals surface area contributed by atoms with E-state index < -0.39 is 0 Å². The standard InChI is InChI=1S/C25H19Br2NO/c1-3-16-23-17-10-8-14(26)12-20(17)21-13-15(27)9-11-18(21)25(23)28(2)24(16)19-6-4-5-7-22(19)29/h4-13,29H,3H2,1-2H3. The maximum atomic E-state index is 10.6. The van der Waals surface area contributed by atoms with Crippen LogP contribution < -0.4 is 0 Å². The minimum Gasteiger partial charge on any atom is -0.507 e. The van der Waals surface area contributed by atoms with E-state index in [1.54, 1.807) is 6.07 Å². The summed E-state index contributed by atoms with van der Waals surface area (Å²) >= 11 is 7.30. The molecule has 0 unspecified atom stereocenters. The number of hydrogen-bond donors (Lipinski definition) is 1. The zero-order valence-corrected chi connectivity index (χ0v) is 19.3. The fourth-order valence-electron chi connectivity index (χ4n) is 4.61. The summed E-state index contributed by atoms with van der Waals surface area (Å²) < 4.78 is 4.39. The van der Waals surface area contributed by atoms with Crippen LogP contribution in [0.5, 0.6) is 5.75 Å². The number of aromatic hydroxyl groups is 1. The molecule has 5 aromatic rings. The molecular formula is C25H19Br2NO. The second-order valence-electron chi connectivity index (χ2n) is 7.36. The quantitative estimate of drug-likeness (QED) is 0.240. The molecule has 0 aliphatic carbocycles. The van der Waals surface area contributed by atoms with Crippen molar-refractivity contribution in [2.75, 3.05) is 0 Å². The van der Waals surface area contributed by atoms with E-state index in [1.807, 2.05) is 18.2 Å². The van der Waals surface area contributed by atoms with E-state index in [4.69, 9.17) is 0 Å². The van der Waals surface area contributed by atoms with E-state index in [1.165, 1.54) is 38.0 Å². The minimum absolute atomic E-state index is 0.312. The third kappa shape index (κ3) is 2.73. The van der Waals surface area contributed by atoms with Crippen LogP contribution in [-0.2, 0) is 13.5 Å². The molecule has 0 fully saturated rings. The van der Waals surface area contributed by atoms with Gasteiger partial charge in [0.1, 0.15) is 5.75 Å². The van der Waals surface area contributed by atoms with Gasteiger partial charge >= 0.3 is 0 Å². The van der Waals surface area contributed by atoms with Crippen LogP contribution in [0.1, 0.15) is 12.5 Å². The topological polar surface area (TPSA) is 25.2 Å². The summed E-state index contributed by atoms with van der Waals surface area (Å²) in [7, 11) is 2.11. The third-order valence-electron chi connectivity index (χ3n) is 5.79. The number of rotatable bonds is 2. The molecule has 0 spiro atoms. The first-order valence-electron chi connectivity index (χ1n) is 9.61. The Hall–Kier alpha value is -2.30. The summed E-state index contributed by atoms with van der Waals surface area (Å²) in [6.07, 6.45) is 0.883. The number of benzene rings is 4. The lowest BCUT2D eigenvalue weighted by molar-refractivity contribution is 0.477. The molecule has 0 aliphatic heterocycles. The Kier molecular flexibility index (Phi) is 4.45. The first kappa shape index (κ1) is 18.7. The molecule has 1 aromatic heterocycles. The maximum Gasteiger partial charge on any atom is 0.124 e. The number of phenols is 1. The maximum absolute atomic E-state index is 10.6. The van der Waals surface area contributed by atoms with Crippen LogP contribution in [0, 0.1) is 0 Å². The van der Waals surface area contributed by atoms with Crippen molar-refractivity contribution in [2.45, 2.75) is 13.3 Å². The van der Waals surface area contributed by atoms with E-state index in [-0.39, 0.29) is 0 Å². The SMILES string of the molecule is CCc1c(-c2ccccc2O)n(C)c2c3ccc(Br)cc3c3cc(Br)ccc3c12. The molecule has 2 nitrogen and oxygen atoms in total. The van der Waals surface area contributed by atoms with Crippen LogP contribution in [0.15, 0.2) is 69.6 Å². The average molecular weight is 509 g/mol. The number of fused-ring (bicyclic) bond motifs is 6. The molecule has 144 valence electrons. The molecule has 29 heavy (non-hydrogen) atoms. The molecular weight excluding hydrogens is 490 g/mol. The van der Waals surface area contributed by atoms with Crippen molar-refractivity contribution in [2.24, 2.45) is 7.05 Å². The second kappa shape index (κ2) is 6.89. The normalized spacial score (nSPS) is 11.7. The number of aromatic nitrogens is 1. The summed E-state index contributed by atoms with van der Waals surface area (Å²) in [6, 6.07) is 20.6. The lowest BCUT2D eigenvalue weighted by Gasteiger charge is -2.11. The van der Waals surface area contributed by atoms with Crippen molar-refractivity contribution in [1.82, 2.24) is 4.57 Å². The highest BCUT2D eigenvalue weighted by atomic mass is 79.9. The van der Waals surface area contributed by atoms with Crippen LogP contribution in [0.3, 0.4) is 0 Å². The van der Waals surface area contributed by atoms with Crippen LogP contribution in [-0.4, -0.2) is 9.67 Å². The van der Waals surface area contributed by atoms with Gasteiger partial charge in [0.05, 0.1) is 11.2 Å². The van der Waals surface area contributed by atoms with E-state index >= 15 is 0 Å². The largest absolute Gasteiger partial charge is 0.507 e. The lowest BCUT2D eigenvalue weighted by atomic mass is 9.94. The molecule has 4 heteroatoms. The van der Waals surface area contributed by atoms with Gasteiger partial charge < -0.3 is 9.67 Å². The summed E-state index contributed by atoms with van der Waals surface area (Å²) in [4.78, 5) is 0. The summed E-state index contributed by atoms with van der Waals surface area (Å²) in [5.41, 5.74) is 4.43. The zero-order chi connectivity index (χ0) is 20.3. The second-order valence-corrected chi connectivity index (χ2v) is 9.19. The van der Waals surface area contributed by atoms with Crippen molar-refractivity contribution < 1.29 is 5.11 Å². The Morgan fingerprint density at radius 1 is 0.828 bits per heavy atom. The Morgan fingerprint density at radius 2 is 1.45 bits per heavy atom. The number of aryl methyl sites for hydroxylation is 2. The van der Waals surface area contributed by atoms with Crippen LogP contribution in [0.2, 0.25) is 0 Å². The predicted molar refractivity (Wildman–Crippen MR) is 130 cm³/mol. The Labute approximate surface area is 186 Å². The molecule has 0 radical (unpaired) electrons. The highest BCUT2D eigenvalue weighted by Crippen LogP contribution is 2.45. The van der Waals surface area contributed by atoms with Crippen molar-refractivity contribution in [3.05, 3.63) is 75.2 Å². The minimum atomic E-state index is 0.312. The Balaban J connectivity index is 2.10. The van der Waals surface area contributed by atoms with Crippen molar-refractivity contribution in [3.63, 3.8) is 0 Å². The fourth-order valence-corrected chi connectivity index (χ4v) is 5.34. The highest BCUT2D eigenvalue weighted by Gasteiger charge is 2.22. The van der Waals surface area contributed by atoms with Gasteiger partial charge in [-0.2, -0.15) is 0 Å². The van der Waals surface area contributed by atoms with Gasteiger partial charge in [0.25, 0.3) is 0 Å². The van der Waals surface area contributed by atoms with Crippen LogP contribution in [0.4, 0.5) is 0 Å². The van der Waals surface area contributed by atoms with Gasteiger partial charge in [-0.15, -0.1) is 0 Å². The first-order valence-corrected chi connectivity index (χ1v) is 11.2. The molecule has 0 atom stereocenters. The number of phenolic OH excluding ortho intramolecular Hbond substituents is 1. The van der Waals surface area contributed by atoms with Gasteiger partial charge in [-0.3, -0.25) is 0 Å².